The maximum Gasteiger partial charge on any atom is 0.0678 e. The first-order chi connectivity index (χ1) is 8.24. The molecule has 1 fully saturated rings. The second-order valence-corrected chi connectivity index (χ2v) is 5.44. The zero-order valence-corrected chi connectivity index (χ0v) is 10.9. The normalized spacial score (nSPS) is 29.2. The minimum atomic E-state index is -0.400. The molecule has 1 heteroatoms. The third-order valence-corrected chi connectivity index (χ3v) is 4.35. The molecule has 0 aliphatic heterocycles. The predicted molar refractivity (Wildman–Crippen MR) is 72.0 cm³/mol. The molecule has 2 unspecified atom stereocenters. The molecule has 1 aliphatic rings. The third kappa shape index (κ3) is 3.10. The number of hydrogen-bond donors (Lipinski definition) is 1. The van der Waals surface area contributed by atoms with Crippen molar-refractivity contribution >= 4 is 0 Å². The van der Waals surface area contributed by atoms with Crippen LogP contribution in [0.1, 0.15) is 51.0 Å². The van der Waals surface area contributed by atoms with Gasteiger partial charge >= 0.3 is 0 Å². The van der Waals surface area contributed by atoms with Crippen LogP contribution in [-0.2, 0) is 6.42 Å². The second-order valence-electron chi connectivity index (χ2n) is 5.44. The largest absolute Gasteiger partial charge is 0.390 e. The fourth-order valence-electron chi connectivity index (χ4n) is 3.21. The summed E-state index contributed by atoms with van der Waals surface area (Å²) in [6, 6.07) is 10.5. The SMILES string of the molecule is CCC1CCCCC1(O)CCc1ccccc1. The van der Waals surface area contributed by atoms with Crippen LogP contribution in [0.5, 0.6) is 0 Å². The zero-order chi connectivity index (χ0) is 12.1. The lowest BCUT2D eigenvalue weighted by molar-refractivity contribution is -0.0559. The fraction of sp³-hybridized carbons (Fsp3) is 0.625. The average molecular weight is 232 g/mol. The Morgan fingerprint density at radius 1 is 1.24 bits per heavy atom. The van der Waals surface area contributed by atoms with E-state index in [0.717, 1.165) is 25.7 Å². The Morgan fingerprint density at radius 3 is 2.71 bits per heavy atom. The van der Waals surface area contributed by atoms with E-state index in [-0.39, 0.29) is 0 Å². The van der Waals surface area contributed by atoms with Gasteiger partial charge in [-0.25, -0.2) is 0 Å². The summed E-state index contributed by atoms with van der Waals surface area (Å²) in [6.07, 6.45) is 7.75. The average Bonchev–Trinajstić information content (AvgIpc) is 2.38. The first-order valence-electron chi connectivity index (χ1n) is 7.01. The van der Waals surface area contributed by atoms with Gasteiger partial charge in [0.25, 0.3) is 0 Å². The Labute approximate surface area is 105 Å². The molecule has 1 saturated carbocycles. The highest BCUT2D eigenvalue weighted by Gasteiger charge is 2.36. The topological polar surface area (TPSA) is 20.2 Å². The summed E-state index contributed by atoms with van der Waals surface area (Å²) in [5, 5.41) is 10.8. The van der Waals surface area contributed by atoms with Crippen LogP contribution in [0.25, 0.3) is 0 Å². The molecule has 0 spiro atoms. The lowest BCUT2D eigenvalue weighted by Gasteiger charge is -2.40. The van der Waals surface area contributed by atoms with E-state index in [0.29, 0.717) is 5.92 Å². The molecule has 1 nitrogen and oxygen atoms in total. The summed E-state index contributed by atoms with van der Waals surface area (Å²) in [7, 11) is 0. The van der Waals surface area contributed by atoms with Crippen LogP contribution < -0.4 is 0 Å². The van der Waals surface area contributed by atoms with Gasteiger partial charge in [0, 0.05) is 0 Å². The van der Waals surface area contributed by atoms with Crippen LogP contribution in [0.2, 0.25) is 0 Å². The fourth-order valence-corrected chi connectivity index (χ4v) is 3.21. The molecule has 0 radical (unpaired) electrons. The van der Waals surface area contributed by atoms with E-state index in [1.54, 1.807) is 0 Å². The molecule has 1 aliphatic carbocycles. The summed E-state index contributed by atoms with van der Waals surface area (Å²) in [6.45, 7) is 2.21. The zero-order valence-electron chi connectivity index (χ0n) is 10.9. The van der Waals surface area contributed by atoms with Crippen molar-refractivity contribution in [1.29, 1.82) is 0 Å². The smallest absolute Gasteiger partial charge is 0.0678 e. The van der Waals surface area contributed by atoms with Crippen LogP contribution in [0.3, 0.4) is 0 Å². The number of rotatable bonds is 4. The maximum atomic E-state index is 10.8. The molecule has 0 heterocycles. The highest BCUT2D eigenvalue weighted by atomic mass is 16.3. The van der Waals surface area contributed by atoms with Gasteiger partial charge in [-0.2, -0.15) is 0 Å². The number of benzene rings is 1. The van der Waals surface area contributed by atoms with Gasteiger partial charge in [0.15, 0.2) is 0 Å². The van der Waals surface area contributed by atoms with E-state index in [9.17, 15) is 5.11 Å². The van der Waals surface area contributed by atoms with Crippen molar-refractivity contribution in [2.75, 3.05) is 0 Å². The van der Waals surface area contributed by atoms with E-state index >= 15 is 0 Å². The summed E-state index contributed by atoms with van der Waals surface area (Å²) in [5.41, 5.74) is 0.949. The summed E-state index contributed by atoms with van der Waals surface area (Å²) >= 11 is 0. The molecule has 0 bridgehead atoms. The second kappa shape index (κ2) is 5.68. The molecule has 1 aromatic rings. The van der Waals surface area contributed by atoms with E-state index in [1.165, 1.54) is 24.8 Å². The Bertz CT molecular complexity index is 333. The molecule has 0 amide bonds. The molecular weight excluding hydrogens is 208 g/mol. The lowest BCUT2D eigenvalue weighted by Crippen LogP contribution is -2.40. The number of aliphatic hydroxyl groups is 1. The van der Waals surface area contributed by atoms with Crippen molar-refractivity contribution in [2.24, 2.45) is 5.92 Å². The van der Waals surface area contributed by atoms with Crippen molar-refractivity contribution in [2.45, 2.75) is 57.5 Å². The summed E-state index contributed by atoms with van der Waals surface area (Å²) in [4.78, 5) is 0. The molecular formula is C16H24O. The van der Waals surface area contributed by atoms with E-state index in [1.807, 2.05) is 6.07 Å². The molecule has 1 aromatic carbocycles. The van der Waals surface area contributed by atoms with Gasteiger partial charge in [0.2, 0.25) is 0 Å². The van der Waals surface area contributed by atoms with Crippen LogP contribution in [0.15, 0.2) is 30.3 Å². The van der Waals surface area contributed by atoms with E-state index in [2.05, 4.69) is 31.2 Å². The lowest BCUT2D eigenvalue weighted by atomic mass is 9.71. The van der Waals surface area contributed by atoms with Crippen molar-refractivity contribution in [1.82, 2.24) is 0 Å². The monoisotopic (exact) mass is 232 g/mol. The minimum Gasteiger partial charge on any atom is -0.390 e. The Kier molecular flexibility index (Phi) is 4.22. The quantitative estimate of drug-likeness (QED) is 0.833. The van der Waals surface area contributed by atoms with E-state index in [4.69, 9.17) is 0 Å². The van der Waals surface area contributed by atoms with E-state index < -0.39 is 5.60 Å². The number of hydrogen-bond acceptors (Lipinski definition) is 1. The van der Waals surface area contributed by atoms with Crippen molar-refractivity contribution < 1.29 is 5.11 Å². The summed E-state index contributed by atoms with van der Waals surface area (Å²) < 4.78 is 0. The van der Waals surface area contributed by atoms with Crippen molar-refractivity contribution in [3.05, 3.63) is 35.9 Å². The van der Waals surface area contributed by atoms with Gasteiger partial charge in [-0.1, -0.05) is 56.5 Å². The van der Waals surface area contributed by atoms with Crippen LogP contribution >= 0.6 is 0 Å². The standard InChI is InChI=1S/C16H24O/c1-2-15-10-6-7-12-16(15,17)13-11-14-8-4-3-5-9-14/h3-5,8-9,15,17H,2,6-7,10-13H2,1H3. The molecule has 2 rings (SSSR count). The Morgan fingerprint density at radius 2 is 2.00 bits per heavy atom. The van der Waals surface area contributed by atoms with Gasteiger partial charge < -0.3 is 5.11 Å². The molecule has 2 atom stereocenters. The first kappa shape index (κ1) is 12.6. The van der Waals surface area contributed by atoms with Gasteiger partial charge in [-0.3, -0.25) is 0 Å². The van der Waals surface area contributed by atoms with Crippen LogP contribution in [0, 0.1) is 5.92 Å². The maximum absolute atomic E-state index is 10.8. The summed E-state index contributed by atoms with van der Waals surface area (Å²) in [5.74, 6) is 0.514. The Balaban J connectivity index is 1.96. The Hall–Kier alpha value is -0.820. The van der Waals surface area contributed by atoms with Gasteiger partial charge in [0.05, 0.1) is 5.60 Å². The van der Waals surface area contributed by atoms with Gasteiger partial charge in [-0.05, 0) is 37.2 Å². The highest BCUT2D eigenvalue weighted by molar-refractivity contribution is 5.15. The van der Waals surface area contributed by atoms with Crippen molar-refractivity contribution in [3.63, 3.8) is 0 Å². The highest BCUT2D eigenvalue weighted by Crippen LogP contribution is 2.38. The molecule has 0 aromatic heterocycles. The molecule has 94 valence electrons. The predicted octanol–water partition coefficient (Wildman–Crippen LogP) is 3.95. The van der Waals surface area contributed by atoms with Gasteiger partial charge in [-0.15, -0.1) is 0 Å². The minimum absolute atomic E-state index is 0.400. The van der Waals surface area contributed by atoms with Gasteiger partial charge in [0.1, 0.15) is 0 Å². The van der Waals surface area contributed by atoms with Crippen molar-refractivity contribution in [3.8, 4) is 0 Å². The third-order valence-electron chi connectivity index (χ3n) is 4.35. The molecule has 1 N–H and O–H groups in total. The molecule has 0 saturated heterocycles. The van der Waals surface area contributed by atoms with Crippen LogP contribution in [-0.4, -0.2) is 10.7 Å². The molecule has 17 heavy (non-hydrogen) atoms. The first-order valence-corrected chi connectivity index (χ1v) is 7.01. The van der Waals surface area contributed by atoms with Crippen LogP contribution in [0.4, 0.5) is 0 Å². The number of aryl methyl sites for hydroxylation is 1.